The molecule has 0 aromatic carbocycles. The van der Waals surface area contributed by atoms with Gasteiger partial charge in [0, 0.05) is 0 Å². The first-order valence-electron chi connectivity index (χ1n) is 0. The fraction of sp³-hybridized carbons (Fsp3) is 0. The van der Waals surface area contributed by atoms with Gasteiger partial charge in [0.1, 0.15) is 0 Å². The first kappa shape index (κ1) is 24.5. The van der Waals surface area contributed by atoms with Crippen molar-refractivity contribution in [2.75, 3.05) is 0 Å². The standard InChI is InChI=1S/2HI.K.Tl/h2*1H;;/q;;2*+1/p-2. The van der Waals surface area contributed by atoms with Gasteiger partial charge in [-0.1, -0.05) is 0 Å². The Hall–Kier alpha value is 4.02. The van der Waals surface area contributed by atoms with Crippen molar-refractivity contribution >= 4 is 27.3 Å². The van der Waals surface area contributed by atoms with E-state index in [-0.39, 0.29) is 127 Å². The Labute approximate surface area is 123 Å². The molecule has 18 valence electrons. The maximum absolute atomic E-state index is 0. The number of rotatable bonds is 0. The summed E-state index contributed by atoms with van der Waals surface area (Å²) in [6, 6.07) is 0. The van der Waals surface area contributed by atoms with Crippen LogP contribution in [-0.2, 0) is 0 Å². The van der Waals surface area contributed by atoms with Gasteiger partial charge in [0.15, 0.2) is 0 Å². The van der Waals surface area contributed by atoms with Crippen molar-refractivity contribution in [1.29, 1.82) is 0 Å². The molecule has 0 radical (unpaired) electrons. The summed E-state index contributed by atoms with van der Waals surface area (Å²) in [5.74, 6) is 0. The van der Waals surface area contributed by atoms with E-state index in [4.69, 9.17) is 0 Å². The second kappa shape index (κ2) is 15.7. The minimum atomic E-state index is 0. The largest absolute Gasteiger partial charge is 1.00 e. The van der Waals surface area contributed by atoms with Crippen LogP contribution in [0.25, 0.3) is 0 Å². The Kier molecular flexibility index (Phi) is 96.3. The molecule has 0 aliphatic carbocycles. The van der Waals surface area contributed by atoms with Crippen LogP contribution >= 0.6 is 0 Å². The fourth-order valence-corrected chi connectivity index (χ4v) is 0. The molecule has 0 rings (SSSR count). The van der Waals surface area contributed by atoms with Gasteiger partial charge in [-0.05, 0) is 0 Å². The molecule has 0 saturated carbocycles. The normalized spacial score (nSPS) is 0. The van der Waals surface area contributed by atoms with Crippen molar-refractivity contribution in [2.45, 2.75) is 0 Å². The molecule has 0 N–H and O–H groups in total. The van der Waals surface area contributed by atoms with E-state index < -0.39 is 0 Å². The molecule has 0 unspecified atom stereocenters. The van der Waals surface area contributed by atoms with E-state index in [1.807, 2.05) is 0 Å². The second-order valence-corrected chi connectivity index (χ2v) is 0. The van der Waals surface area contributed by atoms with Crippen LogP contribution < -0.4 is 99.3 Å². The summed E-state index contributed by atoms with van der Waals surface area (Å²) in [5, 5.41) is 0. The molecule has 0 aromatic rings. The number of hydrogen-bond donors (Lipinski definition) is 0. The van der Waals surface area contributed by atoms with Crippen molar-refractivity contribution < 1.29 is 99.3 Å². The van der Waals surface area contributed by atoms with Gasteiger partial charge < -0.3 is 48.0 Å². The van der Waals surface area contributed by atoms with E-state index in [0.717, 1.165) is 0 Å². The molecular formula is I2KTl. The average molecular weight is 497 g/mol. The molecule has 0 aliphatic rings. The summed E-state index contributed by atoms with van der Waals surface area (Å²) in [6.45, 7) is 0. The smallest absolute Gasteiger partial charge is 1.00 e. The molecule has 4 heavy (non-hydrogen) atoms. The third-order valence-electron chi connectivity index (χ3n) is 0. The van der Waals surface area contributed by atoms with Crippen molar-refractivity contribution in [3.8, 4) is 0 Å². The van der Waals surface area contributed by atoms with Gasteiger partial charge in [0.2, 0.25) is 0 Å². The SMILES string of the molecule is [I-].[I-].[K+].[Tl+]. The van der Waals surface area contributed by atoms with Crippen molar-refractivity contribution in [3.63, 3.8) is 0 Å². The number of halogens is 2. The van der Waals surface area contributed by atoms with Crippen LogP contribution in [-0.4, -0.2) is 27.3 Å². The predicted molar refractivity (Wildman–Crippen MR) is 5.75 cm³/mol. The average Bonchev–Trinajstić information content (AvgIpc) is 0. The monoisotopic (exact) mass is 498 g/mol. The van der Waals surface area contributed by atoms with Gasteiger partial charge in [-0.3, -0.25) is 0 Å². The van der Waals surface area contributed by atoms with Crippen LogP contribution in [0, 0.1) is 0 Å². The molecule has 4 heteroatoms. The summed E-state index contributed by atoms with van der Waals surface area (Å²) in [4.78, 5) is 0. The minimum absolute atomic E-state index is 0. The molecule has 0 aliphatic heterocycles. The van der Waals surface area contributed by atoms with Crippen LogP contribution in [0.1, 0.15) is 0 Å². The molecule has 0 nitrogen and oxygen atoms in total. The van der Waals surface area contributed by atoms with E-state index in [9.17, 15) is 0 Å². The van der Waals surface area contributed by atoms with Crippen LogP contribution in [0.2, 0.25) is 0 Å². The van der Waals surface area contributed by atoms with E-state index in [1.165, 1.54) is 0 Å². The Morgan fingerprint density at radius 1 is 0.750 bits per heavy atom. The van der Waals surface area contributed by atoms with Gasteiger partial charge in [-0.25, -0.2) is 0 Å². The Morgan fingerprint density at radius 2 is 0.750 bits per heavy atom. The first-order chi connectivity index (χ1) is 0. The van der Waals surface area contributed by atoms with Crippen molar-refractivity contribution in [2.24, 2.45) is 0 Å². The molecule has 0 fully saturated rings. The van der Waals surface area contributed by atoms with Gasteiger partial charge in [0.05, 0.1) is 0 Å². The Morgan fingerprint density at radius 3 is 0.750 bits per heavy atom. The molecule has 0 saturated heterocycles. The van der Waals surface area contributed by atoms with Gasteiger partial charge in [0.25, 0.3) is 0 Å². The maximum Gasteiger partial charge on any atom is 1.00 e. The Bertz CT molecular complexity index is 6.00. The molecule has 0 heterocycles. The van der Waals surface area contributed by atoms with Gasteiger partial charge in [-0.15, -0.1) is 0 Å². The topological polar surface area (TPSA) is 0 Å². The van der Waals surface area contributed by atoms with Crippen LogP contribution in [0.15, 0.2) is 0 Å². The molecule has 0 bridgehead atoms. The minimum Gasteiger partial charge on any atom is -1.00 e. The summed E-state index contributed by atoms with van der Waals surface area (Å²) in [5.41, 5.74) is 0. The number of hydrogen-bond acceptors (Lipinski definition) is 0. The van der Waals surface area contributed by atoms with Crippen LogP contribution in [0.4, 0.5) is 0 Å². The molecule has 0 amide bonds. The zero-order valence-electron chi connectivity index (χ0n) is 2.33. The maximum atomic E-state index is 0. The molecule has 0 spiro atoms. The predicted octanol–water partition coefficient (Wildman–Crippen LogP) is -9.37. The summed E-state index contributed by atoms with van der Waals surface area (Å²) in [7, 11) is 0. The Balaban J connectivity index is 0. The zero-order valence-corrected chi connectivity index (χ0v) is 14.3. The summed E-state index contributed by atoms with van der Waals surface area (Å²) < 4.78 is 0. The van der Waals surface area contributed by atoms with Crippen LogP contribution in [0.3, 0.4) is 0 Å². The van der Waals surface area contributed by atoms with E-state index in [2.05, 4.69) is 0 Å². The molecular weight excluding hydrogens is 497 g/mol. The summed E-state index contributed by atoms with van der Waals surface area (Å²) >= 11 is 0. The second-order valence-electron chi connectivity index (χ2n) is 0. The first-order valence-corrected chi connectivity index (χ1v) is 0. The van der Waals surface area contributed by atoms with E-state index >= 15 is 0 Å². The quantitative estimate of drug-likeness (QED) is 0.231. The molecule has 0 atom stereocenters. The van der Waals surface area contributed by atoms with E-state index in [0.29, 0.717) is 0 Å². The van der Waals surface area contributed by atoms with Gasteiger partial charge >= 0.3 is 78.7 Å². The fourth-order valence-electron chi connectivity index (χ4n) is 0. The van der Waals surface area contributed by atoms with Crippen molar-refractivity contribution in [1.82, 2.24) is 0 Å². The zero-order chi connectivity index (χ0) is 0. The van der Waals surface area contributed by atoms with E-state index in [1.54, 1.807) is 0 Å². The third-order valence-corrected chi connectivity index (χ3v) is 0. The van der Waals surface area contributed by atoms with Crippen molar-refractivity contribution in [3.05, 3.63) is 0 Å². The summed E-state index contributed by atoms with van der Waals surface area (Å²) in [6.07, 6.45) is 0. The third kappa shape index (κ3) is 9.39. The molecule has 0 aromatic heterocycles. The van der Waals surface area contributed by atoms with Gasteiger partial charge in [-0.2, -0.15) is 0 Å². The van der Waals surface area contributed by atoms with Crippen LogP contribution in [0.5, 0.6) is 0 Å².